The van der Waals surface area contributed by atoms with E-state index in [1.807, 2.05) is 0 Å². The van der Waals surface area contributed by atoms with Crippen molar-refractivity contribution in [1.29, 1.82) is 0 Å². The van der Waals surface area contributed by atoms with E-state index in [2.05, 4.69) is 5.32 Å². The van der Waals surface area contributed by atoms with Gasteiger partial charge in [0.15, 0.2) is 0 Å². The first kappa shape index (κ1) is 17.4. The zero-order valence-corrected chi connectivity index (χ0v) is 14.0. The molecular weight excluding hydrogens is 324 g/mol. The van der Waals surface area contributed by atoms with Gasteiger partial charge in [0.1, 0.15) is 4.21 Å². The summed E-state index contributed by atoms with van der Waals surface area (Å²) in [6.45, 7) is 1.16. The summed E-state index contributed by atoms with van der Waals surface area (Å²) in [5.74, 6) is -0.0466. The zero-order valence-electron chi connectivity index (χ0n) is 12.4. The molecule has 124 valence electrons. The molecule has 1 aliphatic heterocycles. The van der Waals surface area contributed by atoms with E-state index in [1.165, 1.54) is 15.6 Å². The summed E-state index contributed by atoms with van der Waals surface area (Å²) in [4.78, 5) is 11.8. The van der Waals surface area contributed by atoms with Crippen molar-refractivity contribution >= 4 is 27.3 Å². The number of carbonyl (C=O) groups excluding carboxylic acids is 1. The molecule has 0 radical (unpaired) electrons. The molecule has 2 heterocycles. The van der Waals surface area contributed by atoms with Crippen molar-refractivity contribution in [2.45, 2.75) is 29.9 Å². The number of aliphatic hydroxyl groups excluding tert-OH is 1. The van der Waals surface area contributed by atoms with Crippen LogP contribution in [0.4, 0.5) is 0 Å². The molecule has 1 aliphatic rings. The molecule has 0 spiro atoms. The van der Waals surface area contributed by atoms with Crippen molar-refractivity contribution in [2.75, 3.05) is 26.2 Å². The fourth-order valence-electron chi connectivity index (χ4n) is 2.50. The molecule has 2 rings (SSSR count). The Morgan fingerprint density at radius 1 is 1.36 bits per heavy atom. The van der Waals surface area contributed by atoms with Gasteiger partial charge in [0.25, 0.3) is 10.0 Å². The number of carbonyl (C=O) groups is 1. The molecule has 1 aromatic rings. The number of thiophene rings is 1. The lowest BCUT2D eigenvalue weighted by Crippen LogP contribution is -2.35. The van der Waals surface area contributed by atoms with Gasteiger partial charge in [-0.15, -0.1) is 11.3 Å². The van der Waals surface area contributed by atoms with E-state index < -0.39 is 10.0 Å². The van der Waals surface area contributed by atoms with Gasteiger partial charge in [-0.3, -0.25) is 4.79 Å². The van der Waals surface area contributed by atoms with Gasteiger partial charge >= 0.3 is 0 Å². The van der Waals surface area contributed by atoms with Crippen LogP contribution in [0.3, 0.4) is 0 Å². The van der Waals surface area contributed by atoms with Gasteiger partial charge in [0, 0.05) is 32.7 Å². The third kappa shape index (κ3) is 4.52. The molecule has 8 heteroatoms. The number of hydrogen-bond donors (Lipinski definition) is 2. The van der Waals surface area contributed by atoms with Crippen molar-refractivity contribution in [2.24, 2.45) is 5.92 Å². The van der Waals surface area contributed by atoms with E-state index in [-0.39, 0.29) is 31.4 Å². The SMILES string of the molecule is O=C1CCN(S(=O)(=O)c2cccs2)CCCC(CO)CCN1. The Bertz CT molecular complexity index is 572. The summed E-state index contributed by atoms with van der Waals surface area (Å²) in [6, 6.07) is 3.29. The minimum atomic E-state index is -3.54. The lowest BCUT2D eigenvalue weighted by Gasteiger charge is -2.21. The van der Waals surface area contributed by atoms with E-state index in [0.29, 0.717) is 23.7 Å². The number of hydrogen-bond acceptors (Lipinski definition) is 5. The third-order valence-electron chi connectivity index (χ3n) is 3.83. The number of nitrogens with one attached hydrogen (secondary N) is 1. The smallest absolute Gasteiger partial charge is 0.252 e. The van der Waals surface area contributed by atoms with Crippen molar-refractivity contribution in [3.8, 4) is 0 Å². The number of nitrogens with zero attached hydrogens (tertiary/aromatic N) is 1. The van der Waals surface area contributed by atoms with Gasteiger partial charge < -0.3 is 10.4 Å². The topological polar surface area (TPSA) is 86.7 Å². The van der Waals surface area contributed by atoms with Crippen LogP contribution in [-0.2, 0) is 14.8 Å². The normalized spacial score (nSPS) is 22.8. The van der Waals surface area contributed by atoms with Crippen LogP contribution in [0.15, 0.2) is 21.7 Å². The maximum absolute atomic E-state index is 12.6. The Kier molecular flexibility index (Phi) is 6.37. The quantitative estimate of drug-likeness (QED) is 0.856. The molecule has 1 aromatic heterocycles. The van der Waals surface area contributed by atoms with Crippen LogP contribution in [0.2, 0.25) is 0 Å². The van der Waals surface area contributed by atoms with E-state index in [9.17, 15) is 18.3 Å². The molecule has 2 N–H and O–H groups in total. The molecule has 0 saturated carbocycles. The molecule has 0 bridgehead atoms. The van der Waals surface area contributed by atoms with Crippen molar-refractivity contribution in [3.05, 3.63) is 17.5 Å². The van der Waals surface area contributed by atoms with Gasteiger partial charge in [-0.1, -0.05) is 6.07 Å². The number of aliphatic hydroxyl groups is 1. The Morgan fingerprint density at radius 2 is 2.18 bits per heavy atom. The summed E-state index contributed by atoms with van der Waals surface area (Å²) in [5, 5.41) is 13.9. The number of sulfonamides is 1. The fourth-order valence-corrected chi connectivity index (χ4v) is 5.13. The highest BCUT2D eigenvalue weighted by Crippen LogP contribution is 2.22. The monoisotopic (exact) mass is 346 g/mol. The molecule has 22 heavy (non-hydrogen) atoms. The molecule has 6 nitrogen and oxygen atoms in total. The summed E-state index contributed by atoms with van der Waals surface area (Å²) in [6.07, 6.45) is 2.32. The lowest BCUT2D eigenvalue weighted by molar-refractivity contribution is -0.121. The van der Waals surface area contributed by atoms with Crippen LogP contribution in [0, 0.1) is 5.92 Å². The average molecular weight is 346 g/mol. The molecule has 1 atom stereocenters. The maximum Gasteiger partial charge on any atom is 0.252 e. The van der Waals surface area contributed by atoms with Crippen LogP contribution in [0.1, 0.15) is 25.7 Å². The van der Waals surface area contributed by atoms with E-state index in [1.54, 1.807) is 17.5 Å². The Morgan fingerprint density at radius 3 is 2.86 bits per heavy atom. The van der Waals surface area contributed by atoms with Gasteiger partial charge in [0.05, 0.1) is 0 Å². The molecular formula is C14H22N2O4S2. The predicted molar refractivity (Wildman–Crippen MR) is 85.1 cm³/mol. The molecule has 1 amide bonds. The van der Waals surface area contributed by atoms with Crippen LogP contribution in [0.25, 0.3) is 0 Å². The first-order chi connectivity index (χ1) is 10.5. The largest absolute Gasteiger partial charge is 0.396 e. The summed E-state index contributed by atoms with van der Waals surface area (Å²) >= 11 is 1.18. The Labute approximate surface area is 135 Å². The fraction of sp³-hybridized carbons (Fsp3) is 0.643. The first-order valence-corrected chi connectivity index (χ1v) is 9.77. The molecule has 0 aromatic carbocycles. The minimum Gasteiger partial charge on any atom is -0.396 e. The first-order valence-electron chi connectivity index (χ1n) is 7.45. The molecule has 1 unspecified atom stereocenters. The summed E-state index contributed by atoms with van der Waals surface area (Å²) in [7, 11) is -3.54. The maximum atomic E-state index is 12.6. The summed E-state index contributed by atoms with van der Waals surface area (Å²) < 4.78 is 26.9. The van der Waals surface area contributed by atoms with Crippen LogP contribution < -0.4 is 5.32 Å². The second-order valence-corrected chi connectivity index (χ2v) is 8.53. The number of amides is 1. The highest BCUT2D eigenvalue weighted by atomic mass is 32.2. The van der Waals surface area contributed by atoms with Gasteiger partial charge in [-0.25, -0.2) is 8.42 Å². The van der Waals surface area contributed by atoms with Crippen molar-refractivity contribution in [1.82, 2.24) is 9.62 Å². The van der Waals surface area contributed by atoms with E-state index in [4.69, 9.17) is 0 Å². The minimum absolute atomic E-state index is 0.0630. The lowest BCUT2D eigenvalue weighted by atomic mass is 10.0. The predicted octanol–water partition coefficient (Wildman–Crippen LogP) is 1.04. The Hall–Kier alpha value is -0.960. The molecule has 1 fully saturated rings. The second-order valence-electron chi connectivity index (χ2n) is 5.42. The van der Waals surface area contributed by atoms with Crippen LogP contribution in [0.5, 0.6) is 0 Å². The summed E-state index contributed by atoms with van der Waals surface area (Å²) in [5.41, 5.74) is 0. The molecule has 0 aliphatic carbocycles. The molecule has 1 saturated heterocycles. The second kappa shape index (κ2) is 8.05. The van der Waals surface area contributed by atoms with Crippen molar-refractivity contribution < 1.29 is 18.3 Å². The van der Waals surface area contributed by atoms with E-state index >= 15 is 0 Å². The van der Waals surface area contributed by atoms with Crippen LogP contribution >= 0.6 is 11.3 Å². The third-order valence-corrected chi connectivity index (χ3v) is 7.10. The van der Waals surface area contributed by atoms with Crippen molar-refractivity contribution in [3.63, 3.8) is 0 Å². The zero-order chi connectivity index (χ0) is 16.0. The van der Waals surface area contributed by atoms with Crippen LogP contribution in [-0.4, -0.2) is 50.0 Å². The van der Waals surface area contributed by atoms with Gasteiger partial charge in [-0.05, 0) is 36.6 Å². The average Bonchev–Trinajstić information content (AvgIpc) is 3.01. The highest BCUT2D eigenvalue weighted by molar-refractivity contribution is 7.91. The standard InChI is InChI=1S/C14H22N2O4S2/c17-11-12-3-1-8-16(9-6-13(18)15-7-5-12)22(19,20)14-4-2-10-21-14/h2,4,10,12,17H,1,3,5-9,11H2,(H,15,18). The number of rotatable bonds is 3. The highest BCUT2D eigenvalue weighted by Gasteiger charge is 2.26. The van der Waals surface area contributed by atoms with Gasteiger partial charge in [-0.2, -0.15) is 4.31 Å². The Balaban J connectivity index is 2.13. The van der Waals surface area contributed by atoms with Gasteiger partial charge in [0.2, 0.25) is 5.91 Å². The van der Waals surface area contributed by atoms with E-state index in [0.717, 1.165) is 12.8 Å².